The van der Waals surface area contributed by atoms with Gasteiger partial charge in [-0.2, -0.15) is 0 Å². The SMILES string of the molecule is CCOCOC(=O)c1ccc(C)c(C)c1C. The van der Waals surface area contributed by atoms with Crippen LogP contribution in [-0.2, 0) is 9.47 Å². The quantitative estimate of drug-likeness (QED) is 0.446. The summed E-state index contributed by atoms with van der Waals surface area (Å²) < 4.78 is 9.96. The molecular weight excluding hydrogens is 204 g/mol. The second kappa shape index (κ2) is 5.66. The molecule has 0 fully saturated rings. The molecule has 0 aliphatic rings. The average Bonchev–Trinajstić information content (AvgIpc) is 2.26. The molecule has 0 bridgehead atoms. The van der Waals surface area contributed by atoms with E-state index in [-0.39, 0.29) is 12.8 Å². The van der Waals surface area contributed by atoms with E-state index in [2.05, 4.69) is 0 Å². The van der Waals surface area contributed by atoms with E-state index in [1.165, 1.54) is 5.56 Å². The predicted molar refractivity (Wildman–Crippen MR) is 62.6 cm³/mol. The van der Waals surface area contributed by atoms with Gasteiger partial charge in [0.05, 0.1) is 5.56 Å². The summed E-state index contributed by atoms with van der Waals surface area (Å²) in [5, 5.41) is 0. The lowest BCUT2D eigenvalue weighted by molar-refractivity contribution is -0.0275. The Labute approximate surface area is 96.4 Å². The number of esters is 1. The average molecular weight is 222 g/mol. The molecule has 1 aromatic carbocycles. The lowest BCUT2D eigenvalue weighted by Gasteiger charge is -2.10. The van der Waals surface area contributed by atoms with Gasteiger partial charge in [0.25, 0.3) is 0 Å². The lowest BCUT2D eigenvalue weighted by Crippen LogP contribution is -2.11. The predicted octanol–water partition coefficient (Wildman–Crippen LogP) is 2.76. The van der Waals surface area contributed by atoms with Crippen LogP contribution >= 0.6 is 0 Å². The molecule has 0 heterocycles. The van der Waals surface area contributed by atoms with Gasteiger partial charge in [0.15, 0.2) is 6.79 Å². The van der Waals surface area contributed by atoms with Crippen LogP contribution in [0.1, 0.15) is 34.0 Å². The minimum Gasteiger partial charge on any atom is -0.435 e. The van der Waals surface area contributed by atoms with Gasteiger partial charge in [-0.05, 0) is 50.5 Å². The second-order valence-electron chi connectivity index (χ2n) is 3.72. The van der Waals surface area contributed by atoms with E-state index in [0.717, 1.165) is 11.1 Å². The second-order valence-corrected chi connectivity index (χ2v) is 3.72. The van der Waals surface area contributed by atoms with Crippen LogP contribution in [0.3, 0.4) is 0 Å². The van der Waals surface area contributed by atoms with Crippen molar-refractivity contribution in [2.24, 2.45) is 0 Å². The first-order chi connectivity index (χ1) is 7.57. The highest BCUT2D eigenvalue weighted by Gasteiger charge is 2.12. The molecule has 0 spiro atoms. The number of hydrogen-bond acceptors (Lipinski definition) is 3. The summed E-state index contributed by atoms with van der Waals surface area (Å²) >= 11 is 0. The molecular formula is C13H18O3. The van der Waals surface area contributed by atoms with Gasteiger partial charge in [0.1, 0.15) is 0 Å². The molecule has 0 saturated heterocycles. The molecule has 0 saturated carbocycles. The number of aryl methyl sites for hydroxylation is 1. The zero-order chi connectivity index (χ0) is 12.1. The highest BCUT2D eigenvalue weighted by atomic mass is 16.7. The largest absolute Gasteiger partial charge is 0.435 e. The smallest absolute Gasteiger partial charge is 0.340 e. The zero-order valence-corrected chi connectivity index (χ0v) is 10.3. The Balaban J connectivity index is 2.80. The summed E-state index contributed by atoms with van der Waals surface area (Å²) in [6, 6.07) is 3.73. The minimum absolute atomic E-state index is 0.0156. The van der Waals surface area contributed by atoms with Crippen LogP contribution in [0.4, 0.5) is 0 Å². The minimum atomic E-state index is -0.325. The van der Waals surface area contributed by atoms with Gasteiger partial charge >= 0.3 is 5.97 Å². The molecule has 0 aliphatic carbocycles. The highest BCUT2D eigenvalue weighted by Crippen LogP contribution is 2.17. The van der Waals surface area contributed by atoms with Crippen LogP contribution in [0.25, 0.3) is 0 Å². The third-order valence-electron chi connectivity index (χ3n) is 2.76. The van der Waals surface area contributed by atoms with Crippen LogP contribution in [0.15, 0.2) is 12.1 Å². The summed E-state index contributed by atoms with van der Waals surface area (Å²) in [4.78, 5) is 11.7. The normalized spacial score (nSPS) is 10.2. The maximum atomic E-state index is 11.7. The van der Waals surface area contributed by atoms with Crippen molar-refractivity contribution in [3.05, 3.63) is 34.4 Å². The Hall–Kier alpha value is -1.35. The first kappa shape index (κ1) is 12.7. The van der Waals surface area contributed by atoms with Crippen molar-refractivity contribution in [3.63, 3.8) is 0 Å². The molecule has 0 aromatic heterocycles. The summed E-state index contributed by atoms with van der Waals surface area (Å²) in [5.41, 5.74) is 3.90. The standard InChI is InChI=1S/C13H18O3/c1-5-15-8-16-13(14)12-7-6-9(2)10(3)11(12)4/h6-7H,5,8H2,1-4H3. The van der Waals surface area contributed by atoms with Crippen molar-refractivity contribution in [2.75, 3.05) is 13.4 Å². The van der Waals surface area contributed by atoms with E-state index >= 15 is 0 Å². The van der Waals surface area contributed by atoms with Crippen molar-refractivity contribution in [1.29, 1.82) is 0 Å². The molecule has 0 radical (unpaired) electrons. The number of carbonyl (C=O) groups excluding carboxylic acids is 1. The highest BCUT2D eigenvalue weighted by molar-refractivity contribution is 5.91. The van der Waals surface area contributed by atoms with Gasteiger partial charge in [-0.25, -0.2) is 4.79 Å². The molecule has 0 amide bonds. The third kappa shape index (κ3) is 2.83. The molecule has 0 atom stereocenters. The fraction of sp³-hybridized carbons (Fsp3) is 0.462. The molecule has 3 nitrogen and oxygen atoms in total. The fourth-order valence-electron chi connectivity index (χ4n) is 1.43. The lowest BCUT2D eigenvalue weighted by atomic mass is 9.99. The third-order valence-corrected chi connectivity index (χ3v) is 2.76. The molecule has 16 heavy (non-hydrogen) atoms. The fourth-order valence-corrected chi connectivity index (χ4v) is 1.43. The Kier molecular flexibility index (Phi) is 4.50. The summed E-state index contributed by atoms with van der Waals surface area (Å²) in [6.07, 6.45) is 0. The van der Waals surface area contributed by atoms with E-state index < -0.39 is 0 Å². The topological polar surface area (TPSA) is 35.5 Å². The van der Waals surface area contributed by atoms with E-state index in [0.29, 0.717) is 12.2 Å². The van der Waals surface area contributed by atoms with Crippen LogP contribution < -0.4 is 0 Å². The van der Waals surface area contributed by atoms with Crippen LogP contribution in [-0.4, -0.2) is 19.4 Å². The van der Waals surface area contributed by atoms with E-state index in [1.54, 1.807) is 6.07 Å². The van der Waals surface area contributed by atoms with Gasteiger partial charge in [-0.3, -0.25) is 0 Å². The Morgan fingerprint density at radius 1 is 1.19 bits per heavy atom. The summed E-state index contributed by atoms with van der Waals surface area (Å²) in [6.45, 7) is 8.37. The Morgan fingerprint density at radius 2 is 1.88 bits per heavy atom. The molecule has 1 rings (SSSR count). The molecule has 0 N–H and O–H groups in total. The maximum Gasteiger partial charge on any atom is 0.340 e. The van der Waals surface area contributed by atoms with Crippen molar-refractivity contribution in [3.8, 4) is 0 Å². The van der Waals surface area contributed by atoms with Crippen molar-refractivity contribution >= 4 is 5.97 Å². The molecule has 0 aliphatic heterocycles. The molecule has 88 valence electrons. The van der Waals surface area contributed by atoms with Crippen LogP contribution in [0, 0.1) is 20.8 Å². The van der Waals surface area contributed by atoms with Crippen molar-refractivity contribution in [1.82, 2.24) is 0 Å². The monoisotopic (exact) mass is 222 g/mol. The molecule has 0 unspecified atom stereocenters. The summed E-state index contributed by atoms with van der Waals surface area (Å²) in [7, 11) is 0. The molecule has 1 aromatic rings. The van der Waals surface area contributed by atoms with E-state index in [9.17, 15) is 4.79 Å². The van der Waals surface area contributed by atoms with Crippen LogP contribution in [0.5, 0.6) is 0 Å². The Morgan fingerprint density at radius 3 is 2.50 bits per heavy atom. The van der Waals surface area contributed by atoms with E-state index in [4.69, 9.17) is 9.47 Å². The van der Waals surface area contributed by atoms with Crippen LogP contribution in [0.2, 0.25) is 0 Å². The van der Waals surface area contributed by atoms with Gasteiger partial charge in [-0.15, -0.1) is 0 Å². The Bertz CT molecular complexity index is 383. The van der Waals surface area contributed by atoms with Gasteiger partial charge in [0.2, 0.25) is 0 Å². The first-order valence-corrected chi connectivity index (χ1v) is 5.39. The number of carbonyl (C=O) groups is 1. The van der Waals surface area contributed by atoms with Gasteiger partial charge < -0.3 is 9.47 Å². The van der Waals surface area contributed by atoms with Gasteiger partial charge in [0, 0.05) is 6.61 Å². The summed E-state index contributed by atoms with van der Waals surface area (Å²) in [5.74, 6) is -0.325. The van der Waals surface area contributed by atoms with E-state index in [1.807, 2.05) is 33.8 Å². The van der Waals surface area contributed by atoms with Gasteiger partial charge in [-0.1, -0.05) is 6.07 Å². The molecule has 3 heteroatoms. The number of benzene rings is 1. The van der Waals surface area contributed by atoms with Crippen molar-refractivity contribution in [2.45, 2.75) is 27.7 Å². The number of hydrogen-bond donors (Lipinski definition) is 0. The zero-order valence-electron chi connectivity index (χ0n) is 10.3. The number of rotatable bonds is 4. The first-order valence-electron chi connectivity index (χ1n) is 5.39. The number of ether oxygens (including phenoxy) is 2. The van der Waals surface area contributed by atoms with Crippen molar-refractivity contribution < 1.29 is 14.3 Å². The maximum absolute atomic E-state index is 11.7.